The Balaban J connectivity index is -0.0000000450. The quantitative estimate of drug-likeness (QED) is 0.276. The summed E-state index contributed by atoms with van der Waals surface area (Å²) in [6.45, 7) is 4.06. The topological polar surface area (TPSA) is 0 Å². The van der Waals surface area contributed by atoms with Crippen LogP contribution in [0.3, 0.4) is 0 Å². The van der Waals surface area contributed by atoms with E-state index in [9.17, 15) is 0 Å². The van der Waals surface area contributed by atoms with E-state index in [1.54, 1.807) is 0 Å². The first kappa shape index (κ1) is 9.61. The van der Waals surface area contributed by atoms with E-state index in [2.05, 4.69) is 12.6 Å². The van der Waals surface area contributed by atoms with Gasteiger partial charge in [0.15, 0.2) is 0 Å². The molecule has 0 aromatic heterocycles. The van der Waals surface area contributed by atoms with Gasteiger partial charge in [-0.3, -0.25) is 0 Å². The maximum absolute atomic E-state index is 3.97. The van der Waals surface area contributed by atoms with Crippen molar-refractivity contribution in [3.8, 4) is 0 Å². The number of hydrogen-bond acceptors (Lipinski definition) is 1. The average molecular weight is 100 g/mol. The Labute approximate surface area is 62.5 Å². The van der Waals surface area contributed by atoms with Gasteiger partial charge >= 0.3 is 29.6 Å². The summed E-state index contributed by atoms with van der Waals surface area (Å²) in [7, 11) is 0. The van der Waals surface area contributed by atoms with Gasteiger partial charge in [0.25, 0.3) is 0 Å². The Morgan fingerprint density at radius 1 is 1.60 bits per heavy atom. The van der Waals surface area contributed by atoms with Crippen LogP contribution >= 0.6 is 12.6 Å². The minimum Gasteiger partial charge on any atom is -1.00 e. The van der Waals surface area contributed by atoms with Crippen molar-refractivity contribution in [1.82, 2.24) is 0 Å². The summed E-state index contributed by atoms with van der Waals surface area (Å²) in [5, 5.41) is 0.528. The van der Waals surface area contributed by atoms with Gasteiger partial charge in [0.2, 0.25) is 0 Å². The van der Waals surface area contributed by atoms with Crippen molar-refractivity contribution in [2.24, 2.45) is 0 Å². The van der Waals surface area contributed by atoms with Gasteiger partial charge in [0, 0.05) is 0 Å². The summed E-state index contributed by atoms with van der Waals surface area (Å²) in [5.74, 6) is 0. The normalized spacial score (nSPS) is 7.20. The number of rotatable bonds is 0. The van der Waals surface area contributed by atoms with Crippen LogP contribution in [0.2, 0.25) is 0 Å². The fourth-order valence-corrected chi connectivity index (χ4v) is 0. The van der Waals surface area contributed by atoms with Crippen LogP contribution < -0.4 is 29.6 Å². The van der Waals surface area contributed by atoms with Gasteiger partial charge in [-0.25, -0.2) is 0 Å². The molecule has 2 heteroatoms. The molecule has 28 valence electrons. The second kappa shape index (κ2) is 5.35. The molecule has 0 bridgehead atoms. The van der Waals surface area contributed by atoms with Crippen LogP contribution in [0.5, 0.6) is 0 Å². The first-order valence-electron chi connectivity index (χ1n) is 1.41. The van der Waals surface area contributed by atoms with E-state index >= 15 is 0 Å². The molecule has 0 fully saturated rings. The minimum absolute atomic E-state index is 0. The molecule has 5 heavy (non-hydrogen) atoms. The molecule has 0 aromatic carbocycles. The minimum atomic E-state index is 0. The van der Waals surface area contributed by atoms with Crippen LogP contribution in [0.15, 0.2) is 0 Å². The molecule has 0 radical (unpaired) electrons. The summed E-state index contributed by atoms with van der Waals surface area (Å²) in [4.78, 5) is 0. The van der Waals surface area contributed by atoms with Crippen LogP contribution in [0.4, 0.5) is 0 Å². The molecule has 0 heterocycles. The molecule has 0 rings (SSSR count). The van der Waals surface area contributed by atoms with Crippen molar-refractivity contribution < 1.29 is 31.0 Å². The third-order valence-electron chi connectivity index (χ3n) is 0. The molecular formula is C3H9NaS. The van der Waals surface area contributed by atoms with Gasteiger partial charge in [-0.2, -0.15) is 12.6 Å². The molecular weight excluding hydrogens is 91.1 g/mol. The van der Waals surface area contributed by atoms with Gasteiger partial charge in [-0.1, -0.05) is 13.8 Å². The molecule has 0 aliphatic heterocycles. The summed E-state index contributed by atoms with van der Waals surface area (Å²) in [6, 6.07) is 0. The Kier molecular flexibility index (Phi) is 10.3. The van der Waals surface area contributed by atoms with Crippen LogP contribution in [0.1, 0.15) is 15.3 Å². The predicted molar refractivity (Wildman–Crippen MR) is 25.2 cm³/mol. The molecule has 0 saturated heterocycles. The molecule has 0 atom stereocenters. The molecule has 0 aliphatic carbocycles. The van der Waals surface area contributed by atoms with E-state index in [0.717, 1.165) is 0 Å². The van der Waals surface area contributed by atoms with E-state index in [1.807, 2.05) is 13.8 Å². The van der Waals surface area contributed by atoms with E-state index < -0.39 is 0 Å². The second-order valence-corrected chi connectivity index (χ2v) is 2.13. The van der Waals surface area contributed by atoms with Gasteiger partial charge in [-0.15, -0.1) is 0 Å². The molecule has 0 aliphatic rings. The largest absolute Gasteiger partial charge is 1.00 e. The molecule has 0 aromatic rings. The third-order valence-corrected chi connectivity index (χ3v) is 0. The average Bonchev–Trinajstić information content (AvgIpc) is 0.811. The van der Waals surface area contributed by atoms with Crippen LogP contribution in [0.25, 0.3) is 0 Å². The summed E-state index contributed by atoms with van der Waals surface area (Å²) in [6.07, 6.45) is 0. The third kappa shape index (κ3) is 32.9. The van der Waals surface area contributed by atoms with Crippen molar-refractivity contribution in [2.45, 2.75) is 19.1 Å². The maximum atomic E-state index is 3.97. The van der Waals surface area contributed by atoms with E-state index in [1.165, 1.54) is 0 Å². The maximum Gasteiger partial charge on any atom is 1.00 e. The van der Waals surface area contributed by atoms with E-state index in [0.29, 0.717) is 5.25 Å². The number of hydrogen-bond donors (Lipinski definition) is 1. The van der Waals surface area contributed by atoms with Gasteiger partial charge in [-0.05, 0) is 5.25 Å². The Bertz CT molecular complexity index is 15.5. The SMILES string of the molecule is CC(C)S.[H-].[Na+]. The monoisotopic (exact) mass is 100 g/mol. The van der Waals surface area contributed by atoms with Crippen LogP contribution in [-0.4, -0.2) is 5.25 Å². The van der Waals surface area contributed by atoms with Crippen molar-refractivity contribution >= 4 is 12.6 Å². The van der Waals surface area contributed by atoms with Crippen molar-refractivity contribution in [3.05, 3.63) is 0 Å². The zero-order valence-corrected chi connectivity index (χ0v) is 6.92. The molecule has 0 nitrogen and oxygen atoms in total. The molecule has 0 unspecified atom stereocenters. The van der Waals surface area contributed by atoms with Crippen LogP contribution in [-0.2, 0) is 0 Å². The second-order valence-electron chi connectivity index (χ2n) is 1.09. The first-order valence-corrected chi connectivity index (χ1v) is 1.93. The Morgan fingerprint density at radius 2 is 1.60 bits per heavy atom. The Morgan fingerprint density at radius 3 is 1.60 bits per heavy atom. The Hall–Kier alpha value is 1.35. The fourth-order valence-electron chi connectivity index (χ4n) is 0. The smallest absolute Gasteiger partial charge is 1.00 e. The molecule has 0 amide bonds. The predicted octanol–water partition coefficient (Wildman–Crippen LogP) is -1.56. The first-order chi connectivity index (χ1) is 1.73. The van der Waals surface area contributed by atoms with Crippen LogP contribution in [0, 0.1) is 0 Å². The standard InChI is InChI=1S/C3H8S.Na.H/c1-3(2)4;;/h3-4H,1-2H3;;/q;+1;-1. The fraction of sp³-hybridized carbons (Fsp3) is 1.00. The van der Waals surface area contributed by atoms with E-state index in [-0.39, 0.29) is 31.0 Å². The van der Waals surface area contributed by atoms with Gasteiger partial charge in [0.05, 0.1) is 0 Å². The zero-order chi connectivity index (χ0) is 3.58. The summed E-state index contributed by atoms with van der Waals surface area (Å²) in [5.41, 5.74) is 0. The van der Waals surface area contributed by atoms with E-state index in [4.69, 9.17) is 0 Å². The van der Waals surface area contributed by atoms with Gasteiger partial charge in [0.1, 0.15) is 0 Å². The van der Waals surface area contributed by atoms with Crippen molar-refractivity contribution in [1.29, 1.82) is 0 Å². The molecule has 0 saturated carbocycles. The van der Waals surface area contributed by atoms with Crippen molar-refractivity contribution in [2.75, 3.05) is 0 Å². The molecule has 0 N–H and O–H groups in total. The van der Waals surface area contributed by atoms with Crippen molar-refractivity contribution in [3.63, 3.8) is 0 Å². The zero-order valence-electron chi connectivity index (χ0n) is 5.02. The summed E-state index contributed by atoms with van der Waals surface area (Å²) < 4.78 is 0. The number of thiol groups is 1. The summed E-state index contributed by atoms with van der Waals surface area (Å²) >= 11 is 3.97. The van der Waals surface area contributed by atoms with Gasteiger partial charge < -0.3 is 1.43 Å². The molecule has 0 spiro atoms.